The molecule has 0 aliphatic carbocycles. The van der Waals surface area contributed by atoms with Crippen LogP contribution in [0.25, 0.3) is 0 Å². The summed E-state index contributed by atoms with van der Waals surface area (Å²) in [4.78, 5) is 23.4. The van der Waals surface area contributed by atoms with Gasteiger partial charge in [-0.2, -0.15) is 5.10 Å². The van der Waals surface area contributed by atoms with Gasteiger partial charge < -0.3 is 5.32 Å². The van der Waals surface area contributed by atoms with Crippen LogP contribution in [0.3, 0.4) is 0 Å². The van der Waals surface area contributed by atoms with Gasteiger partial charge in [-0.3, -0.25) is 14.3 Å². The van der Waals surface area contributed by atoms with Gasteiger partial charge in [0.15, 0.2) is 5.78 Å². The average molecular weight is 271 g/mol. The molecule has 0 saturated carbocycles. The fourth-order valence-electron chi connectivity index (χ4n) is 1.97. The Morgan fingerprint density at radius 3 is 2.45 bits per heavy atom. The minimum Gasteiger partial charge on any atom is -0.322 e. The van der Waals surface area contributed by atoms with E-state index in [1.165, 1.54) is 6.92 Å². The zero-order chi connectivity index (χ0) is 14.7. The van der Waals surface area contributed by atoms with E-state index in [2.05, 4.69) is 10.4 Å². The predicted molar refractivity (Wildman–Crippen MR) is 77.0 cm³/mol. The summed E-state index contributed by atoms with van der Waals surface area (Å²) in [7, 11) is 1.79. The van der Waals surface area contributed by atoms with Gasteiger partial charge in [0.1, 0.15) is 0 Å². The predicted octanol–water partition coefficient (Wildman–Crippen LogP) is 2.44. The van der Waals surface area contributed by atoms with Crippen molar-refractivity contribution < 1.29 is 9.59 Å². The highest BCUT2D eigenvalue weighted by Crippen LogP contribution is 2.14. The summed E-state index contributed by atoms with van der Waals surface area (Å²) >= 11 is 0. The van der Waals surface area contributed by atoms with Crippen molar-refractivity contribution in [1.29, 1.82) is 0 Å². The van der Waals surface area contributed by atoms with E-state index in [0.29, 0.717) is 23.2 Å². The highest BCUT2D eigenvalue weighted by molar-refractivity contribution is 6.05. The molecule has 0 aliphatic rings. The maximum Gasteiger partial charge on any atom is 0.259 e. The van der Waals surface area contributed by atoms with E-state index < -0.39 is 0 Å². The maximum atomic E-state index is 12.2. The molecule has 0 unspecified atom stereocenters. The summed E-state index contributed by atoms with van der Waals surface area (Å²) in [6.07, 6.45) is 2.41. The van der Waals surface area contributed by atoms with Crippen LogP contribution in [-0.4, -0.2) is 21.5 Å². The first-order valence-electron chi connectivity index (χ1n) is 6.46. The van der Waals surface area contributed by atoms with Gasteiger partial charge in [0.25, 0.3) is 5.91 Å². The van der Waals surface area contributed by atoms with Gasteiger partial charge in [0.05, 0.1) is 11.3 Å². The number of benzene rings is 1. The van der Waals surface area contributed by atoms with Crippen LogP contribution >= 0.6 is 0 Å². The number of hydrogen-bond acceptors (Lipinski definition) is 3. The van der Waals surface area contributed by atoms with Crippen LogP contribution in [0.4, 0.5) is 5.69 Å². The largest absolute Gasteiger partial charge is 0.322 e. The molecule has 2 aromatic rings. The van der Waals surface area contributed by atoms with Crippen LogP contribution in [-0.2, 0) is 13.5 Å². The van der Waals surface area contributed by atoms with Gasteiger partial charge in [0, 0.05) is 24.5 Å². The van der Waals surface area contributed by atoms with E-state index in [-0.39, 0.29) is 11.7 Å². The molecule has 1 N–H and O–H groups in total. The lowest BCUT2D eigenvalue weighted by Crippen LogP contribution is -2.13. The second-order valence-corrected chi connectivity index (χ2v) is 4.60. The first-order valence-corrected chi connectivity index (χ1v) is 6.46. The molecule has 0 bridgehead atoms. The molecule has 1 amide bonds. The molecule has 1 aromatic heterocycles. The van der Waals surface area contributed by atoms with Crippen molar-refractivity contribution in [2.75, 3.05) is 5.32 Å². The maximum absolute atomic E-state index is 12.2. The molecule has 5 heteroatoms. The van der Waals surface area contributed by atoms with E-state index in [9.17, 15) is 9.59 Å². The molecule has 104 valence electrons. The fourth-order valence-corrected chi connectivity index (χ4v) is 1.97. The summed E-state index contributed by atoms with van der Waals surface area (Å²) < 4.78 is 1.63. The van der Waals surface area contributed by atoms with Gasteiger partial charge in [-0.25, -0.2) is 0 Å². The summed E-state index contributed by atoms with van der Waals surface area (Å²) in [5.74, 6) is -0.186. The van der Waals surface area contributed by atoms with Gasteiger partial charge >= 0.3 is 0 Å². The molecule has 0 aliphatic heterocycles. The van der Waals surface area contributed by atoms with E-state index in [4.69, 9.17) is 0 Å². The Balaban J connectivity index is 2.16. The number of nitrogens with one attached hydrogen (secondary N) is 1. The SMILES string of the molecule is CCc1nn(C)cc1C(=O)Nc1ccc(C(C)=O)cc1. The standard InChI is InChI=1S/C15H17N3O2/c1-4-14-13(9-18(3)17-14)15(20)16-12-7-5-11(6-8-12)10(2)19/h5-9H,4H2,1-3H3,(H,16,20). The van der Waals surface area contributed by atoms with Gasteiger partial charge in [0.2, 0.25) is 0 Å². The quantitative estimate of drug-likeness (QED) is 0.869. The summed E-state index contributed by atoms with van der Waals surface area (Å²) in [5, 5.41) is 7.05. The topological polar surface area (TPSA) is 64.0 Å². The highest BCUT2D eigenvalue weighted by Gasteiger charge is 2.14. The van der Waals surface area contributed by atoms with E-state index in [1.807, 2.05) is 6.92 Å². The van der Waals surface area contributed by atoms with E-state index in [1.54, 1.807) is 42.2 Å². The molecule has 0 fully saturated rings. The smallest absolute Gasteiger partial charge is 0.259 e. The Bertz CT molecular complexity index is 642. The summed E-state index contributed by atoms with van der Waals surface area (Å²) in [6, 6.07) is 6.83. The van der Waals surface area contributed by atoms with Crippen LogP contribution < -0.4 is 5.32 Å². The number of aryl methyl sites for hydroxylation is 2. The number of ketones is 1. The van der Waals surface area contributed by atoms with Crippen molar-refractivity contribution in [2.45, 2.75) is 20.3 Å². The lowest BCUT2D eigenvalue weighted by molar-refractivity contribution is 0.101. The number of aromatic nitrogens is 2. The summed E-state index contributed by atoms with van der Waals surface area (Å²) in [5.41, 5.74) is 2.63. The molecule has 1 aromatic carbocycles. The second-order valence-electron chi connectivity index (χ2n) is 4.60. The molecular weight excluding hydrogens is 254 g/mol. The monoisotopic (exact) mass is 271 g/mol. The van der Waals surface area contributed by atoms with Crippen molar-refractivity contribution in [2.24, 2.45) is 7.05 Å². The Morgan fingerprint density at radius 2 is 1.90 bits per heavy atom. The van der Waals surface area contributed by atoms with E-state index in [0.717, 1.165) is 5.69 Å². The van der Waals surface area contributed by atoms with Crippen LogP contribution in [0, 0.1) is 0 Å². The van der Waals surface area contributed by atoms with Crippen LogP contribution in [0.15, 0.2) is 30.5 Å². The van der Waals surface area contributed by atoms with Crippen LogP contribution in [0.2, 0.25) is 0 Å². The molecule has 0 radical (unpaired) electrons. The van der Waals surface area contributed by atoms with Crippen LogP contribution in [0.1, 0.15) is 40.3 Å². The Labute approximate surface area is 117 Å². The number of Topliss-reactive ketones (excluding diaryl/α,β-unsaturated/α-hetero) is 1. The van der Waals surface area contributed by atoms with Crippen LogP contribution in [0.5, 0.6) is 0 Å². The molecule has 0 atom stereocenters. The molecule has 2 rings (SSSR count). The number of amides is 1. The molecule has 20 heavy (non-hydrogen) atoms. The first-order chi connectivity index (χ1) is 9.51. The lowest BCUT2D eigenvalue weighted by atomic mass is 10.1. The van der Waals surface area contributed by atoms with Crippen molar-refractivity contribution in [1.82, 2.24) is 9.78 Å². The van der Waals surface area contributed by atoms with E-state index >= 15 is 0 Å². The summed E-state index contributed by atoms with van der Waals surface area (Å²) in [6.45, 7) is 3.47. The molecule has 0 spiro atoms. The number of nitrogens with zero attached hydrogens (tertiary/aromatic N) is 2. The molecule has 5 nitrogen and oxygen atoms in total. The fraction of sp³-hybridized carbons (Fsp3) is 0.267. The number of rotatable bonds is 4. The third-order valence-corrected chi connectivity index (χ3v) is 3.03. The molecule has 1 heterocycles. The molecular formula is C15H17N3O2. The Kier molecular flexibility index (Phi) is 3.98. The number of hydrogen-bond donors (Lipinski definition) is 1. The lowest BCUT2D eigenvalue weighted by Gasteiger charge is -2.05. The zero-order valence-electron chi connectivity index (χ0n) is 11.8. The Morgan fingerprint density at radius 1 is 1.25 bits per heavy atom. The Hall–Kier alpha value is -2.43. The number of carbonyl (C=O) groups excluding carboxylic acids is 2. The third-order valence-electron chi connectivity index (χ3n) is 3.03. The highest BCUT2D eigenvalue weighted by atomic mass is 16.1. The number of anilines is 1. The van der Waals surface area contributed by atoms with Crippen molar-refractivity contribution >= 4 is 17.4 Å². The second kappa shape index (κ2) is 5.69. The molecule has 0 saturated heterocycles. The van der Waals surface area contributed by atoms with Gasteiger partial charge in [-0.15, -0.1) is 0 Å². The van der Waals surface area contributed by atoms with Crippen molar-refractivity contribution in [3.63, 3.8) is 0 Å². The first kappa shape index (κ1) is 14.0. The minimum absolute atomic E-state index is 0.00315. The third kappa shape index (κ3) is 2.93. The van der Waals surface area contributed by atoms with Gasteiger partial charge in [-0.05, 0) is 37.6 Å². The van der Waals surface area contributed by atoms with Crippen molar-refractivity contribution in [3.8, 4) is 0 Å². The average Bonchev–Trinajstić information content (AvgIpc) is 2.80. The van der Waals surface area contributed by atoms with Crippen molar-refractivity contribution in [3.05, 3.63) is 47.3 Å². The van der Waals surface area contributed by atoms with Gasteiger partial charge in [-0.1, -0.05) is 6.92 Å². The zero-order valence-corrected chi connectivity index (χ0v) is 11.8. The normalized spacial score (nSPS) is 10.3. The minimum atomic E-state index is -0.189. The number of carbonyl (C=O) groups is 2.